The Morgan fingerprint density at radius 1 is 1.28 bits per heavy atom. The first-order chi connectivity index (χ1) is 8.78. The van der Waals surface area contributed by atoms with Crippen LogP contribution in [0.3, 0.4) is 0 Å². The molecular formula is C13H19N3O2. The summed E-state index contributed by atoms with van der Waals surface area (Å²) in [5, 5.41) is 2.72. The maximum atomic E-state index is 11.1. The predicted octanol–water partition coefficient (Wildman–Crippen LogP) is 0.416. The van der Waals surface area contributed by atoms with E-state index in [9.17, 15) is 4.79 Å². The number of benzene rings is 1. The third-order valence-electron chi connectivity index (χ3n) is 2.93. The molecule has 0 aliphatic carbocycles. The highest BCUT2D eigenvalue weighted by molar-refractivity contribution is 5.92. The highest BCUT2D eigenvalue weighted by atomic mass is 16.5. The molecule has 0 unspecified atom stereocenters. The summed E-state index contributed by atoms with van der Waals surface area (Å²) >= 11 is 0. The molecule has 18 heavy (non-hydrogen) atoms. The molecule has 0 aromatic heterocycles. The SMILES string of the molecule is NCC(=O)Nc1ccc(CN2CCOCC2)cc1. The van der Waals surface area contributed by atoms with Gasteiger partial charge in [-0.1, -0.05) is 12.1 Å². The summed E-state index contributed by atoms with van der Waals surface area (Å²) in [6, 6.07) is 7.87. The van der Waals surface area contributed by atoms with Gasteiger partial charge in [0.25, 0.3) is 0 Å². The summed E-state index contributed by atoms with van der Waals surface area (Å²) < 4.78 is 5.31. The molecule has 1 fully saturated rings. The van der Waals surface area contributed by atoms with E-state index in [1.807, 2.05) is 24.3 Å². The molecule has 1 amide bonds. The lowest BCUT2D eigenvalue weighted by atomic mass is 10.2. The summed E-state index contributed by atoms with van der Waals surface area (Å²) in [5.41, 5.74) is 7.27. The van der Waals surface area contributed by atoms with E-state index >= 15 is 0 Å². The van der Waals surface area contributed by atoms with Gasteiger partial charge in [0.05, 0.1) is 19.8 Å². The van der Waals surface area contributed by atoms with Crippen LogP contribution in [-0.2, 0) is 16.1 Å². The van der Waals surface area contributed by atoms with Gasteiger partial charge in [0.2, 0.25) is 5.91 Å². The second-order valence-electron chi connectivity index (χ2n) is 4.34. The van der Waals surface area contributed by atoms with Crippen LogP contribution in [0, 0.1) is 0 Å². The van der Waals surface area contributed by atoms with Crippen LogP contribution in [0.15, 0.2) is 24.3 Å². The lowest BCUT2D eigenvalue weighted by Gasteiger charge is -2.26. The molecule has 1 aliphatic heterocycles. The van der Waals surface area contributed by atoms with Gasteiger partial charge >= 0.3 is 0 Å². The second-order valence-corrected chi connectivity index (χ2v) is 4.34. The van der Waals surface area contributed by atoms with E-state index in [2.05, 4.69) is 10.2 Å². The quantitative estimate of drug-likeness (QED) is 0.811. The molecule has 1 aliphatic rings. The maximum absolute atomic E-state index is 11.1. The Morgan fingerprint density at radius 3 is 2.56 bits per heavy atom. The van der Waals surface area contributed by atoms with E-state index in [0.717, 1.165) is 38.5 Å². The second kappa shape index (κ2) is 6.49. The maximum Gasteiger partial charge on any atom is 0.238 e. The monoisotopic (exact) mass is 249 g/mol. The zero-order chi connectivity index (χ0) is 12.8. The molecule has 5 nitrogen and oxygen atoms in total. The van der Waals surface area contributed by atoms with Gasteiger partial charge in [-0.05, 0) is 17.7 Å². The Morgan fingerprint density at radius 2 is 1.94 bits per heavy atom. The van der Waals surface area contributed by atoms with Gasteiger partial charge in [-0.3, -0.25) is 9.69 Å². The van der Waals surface area contributed by atoms with Crippen LogP contribution in [0.25, 0.3) is 0 Å². The van der Waals surface area contributed by atoms with Gasteiger partial charge in [-0.2, -0.15) is 0 Å². The number of nitrogens with one attached hydrogen (secondary N) is 1. The van der Waals surface area contributed by atoms with Crippen molar-refractivity contribution in [1.29, 1.82) is 0 Å². The molecule has 1 aromatic rings. The van der Waals surface area contributed by atoms with Crippen LogP contribution < -0.4 is 11.1 Å². The topological polar surface area (TPSA) is 67.6 Å². The number of ether oxygens (including phenoxy) is 1. The molecule has 1 aromatic carbocycles. The summed E-state index contributed by atoms with van der Waals surface area (Å²) in [6.07, 6.45) is 0. The number of morpholine rings is 1. The summed E-state index contributed by atoms with van der Waals surface area (Å²) in [6.45, 7) is 4.51. The molecular weight excluding hydrogens is 230 g/mol. The number of hydrogen-bond acceptors (Lipinski definition) is 4. The zero-order valence-electron chi connectivity index (χ0n) is 10.4. The van der Waals surface area contributed by atoms with Crippen LogP contribution in [0.5, 0.6) is 0 Å². The Balaban J connectivity index is 1.88. The largest absolute Gasteiger partial charge is 0.379 e. The minimum atomic E-state index is -0.170. The van der Waals surface area contributed by atoms with Gasteiger partial charge in [0, 0.05) is 25.3 Å². The van der Waals surface area contributed by atoms with Crippen molar-refractivity contribution < 1.29 is 9.53 Å². The minimum absolute atomic E-state index is 0.00945. The Kier molecular flexibility index (Phi) is 4.69. The number of nitrogens with zero attached hydrogens (tertiary/aromatic N) is 1. The van der Waals surface area contributed by atoms with Gasteiger partial charge in [-0.25, -0.2) is 0 Å². The molecule has 0 radical (unpaired) electrons. The van der Waals surface area contributed by atoms with E-state index in [-0.39, 0.29) is 12.5 Å². The van der Waals surface area contributed by atoms with E-state index in [4.69, 9.17) is 10.5 Å². The molecule has 2 rings (SSSR count). The van der Waals surface area contributed by atoms with Crippen molar-refractivity contribution in [3.05, 3.63) is 29.8 Å². The predicted molar refractivity (Wildman–Crippen MR) is 70.2 cm³/mol. The third-order valence-corrected chi connectivity index (χ3v) is 2.93. The third kappa shape index (κ3) is 3.80. The molecule has 0 atom stereocenters. The average molecular weight is 249 g/mol. The van der Waals surface area contributed by atoms with Crippen LogP contribution in [0.2, 0.25) is 0 Å². The number of carbonyl (C=O) groups excluding carboxylic acids is 1. The van der Waals surface area contributed by atoms with Crippen molar-refractivity contribution >= 4 is 11.6 Å². The van der Waals surface area contributed by atoms with Crippen molar-refractivity contribution in [2.24, 2.45) is 5.73 Å². The summed E-state index contributed by atoms with van der Waals surface area (Å²) in [5.74, 6) is -0.170. The molecule has 0 bridgehead atoms. The van der Waals surface area contributed by atoms with Crippen LogP contribution in [0.4, 0.5) is 5.69 Å². The molecule has 1 saturated heterocycles. The lowest BCUT2D eigenvalue weighted by Crippen LogP contribution is -2.35. The normalized spacial score (nSPS) is 16.5. The molecule has 3 N–H and O–H groups in total. The summed E-state index contributed by atoms with van der Waals surface area (Å²) in [7, 11) is 0. The Bertz CT molecular complexity index is 386. The number of amides is 1. The number of carbonyl (C=O) groups is 1. The molecule has 0 spiro atoms. The van der Waals surface area contributed by atoms with Crippen molar-refractivity contribution in [1.82, 2.24) is 4.90 Å². The highest BCUT2D eigenvalue weighted by Crippen LogP contribution is 2.12. The van der Waals surface area contributed by atoms with Crippen LogP contribution in [0.1, 0.15) is 5.56 Å². The van der Waals surface area contributed by atoms with Gasteiger partial charge < -0.3 is 15.8 Å². The first-order valence-electron chi connectivity index (χ1n) is 6.17. The van der Waals surface area contributed by atoms with Gasteiger partial charge in [0.15, 0.2) is 0 Å². The molecule has 1 heterocycles. The Labute approximate surface area is 107 Å². The number of hydrogen-bond donors (Lipinski definition) is 2. The highest BCUT2D eigenvalue weighted by Gasteiger charge is 2.10. The first-order valence-corrected chi connectivity index (χ1v) is 6.17. The van der Waals surface area contributed by atoms with Crippen molar-refractivity contribution in [3.8, 4) is 0 Å². The lowest BCUT2D eigenvalue weighted by molar-refractivity contribution is -0.114. The first kappa shape index (κ1) is 13.0. The Hall–Kier alpha value is -1.43. The van der Waals surface area contributed by atoms with Crippen LogP contribution >= 0.6 is 0 Å². The van der Waals surface area contributed by atoms with E-state index < -0.39 is 0 Å². The zero-order valence-corrected chi connectivity index (χ0v) is 10.4. The number of anilines is 1. The fraction of sp³-hybridized carbons (Fsp3) is 0.462. The van der Waals surface area contributed by atoms with Crippen LogP contribution in [-0.4, -0.2) is 43.7 Å². The van der Waals surface area contributed by atoms with Gasteiger partial charge in [0.1, 0.15) is 0 Å². The molecule has 5 heteroatoms. The number of rotatable bonds is 4. The molecule has 98 valence electrons. The van der Waals surface area contributed by atoms with Crippen molar-refractivity contribution in [2.45, 2.75) is 6.54 Å². The summed E-state index contributed by atoms with van der Waals surface area (Å²) in [4.78, 5) is 13.5. The molecule has 0 saturated carbocycles. The number of nitrogens with two attached hydrogens (primary N) is 1. The van der Waals surface area contributed by atoms with E-state index in [1.165, 1.54) is 5.56 Å². The fourth-order valence-electron chi connectivity index (χ4n) is 1.92. The standard InChI is InChI=1S/C13H19N3O2/c14-9-13(17)15-12-3-1-11(2-4-12)10-16-5-7-18-8-6-16/h1-4H,5-10,14H2,(H,15,17). The fourth-order valence-corrected chi connectivity index (χ4v) is 1.92. The van der Waals surface area contributed by atoms with Crippen molar-refractivity contribution in [2.75, 3.05) is 38.2 Å². The minimum Gasteiger partial charge on any atom is -0.379 e. The smallest absolute Gasteiger partial charge is 0.238 e. The van der Waals surface area contributed by atoms with Crippen molar-refractivity contribution in [3.63, 3.8) is 0 Å². The van der Waals surface area contributed by atoms with E-state index in [1.54, 1.807) is 0 Å². The average Bonchev–Trinajstić information content (AvgIpc) is 2.42. The van der Waals surface area contributed by atoms with E-state index in [0.29, 0.717) is 0 Å². The van der Waals surface area contributed by atoms with Gasteiger partial charge in [-0.15, -0.1) is 0 Å².